The topological polar surface area (TPSA) is 123 Å². The van der Waals surface area contributed by atoms with Crippen molar-refractivity contribution in [3.63, 3.8) is 0 Å². The minimum atomic E-state index is -0.425. The second-order valence-corrected chi connectivity index (χ2v) is 8.71. The van der Waals surface area contributed by atoms with Crippen molar-refractivity contribution in [2.75, 3.05) is 18.8 Å². The molecule has 9 nitrogen and oxygen atoms in total. The molecule has 3 aromatic heterocycles. The highest BCUT2D eigenvalue weighted by molar-refractivity contribution is 6.01. The number of aromatic nitrogens is 4. The van der Waals surface area contributed by atoms with Gasteiger partial charge < -0.3 is 15.1 Å². The molecule has 0 aliphatic carbocycles. The Labute approximate surface area is 195 Å². The van der Waals surface area contributed by atoms with Crippen LogP contribution in [0.15, 0.2) is 27.4 Å². The first-order valence-corrected chi connectivity index (χ1v) is 11.4. The normalized spacial score (nSPS) is 16.1. The maximum Gasteiger partial charge on any atom is 0.298 e. The number of piperidine rings is 1. The fourth-order valence-electron chi connectivity index (χ4n) is 4.68. The van der Waals surface area contributed by atoms with Gasteiger partial charge >= 0.3 is 0 Å². The highest BCUT2D eigenvalue weighted by Gasteiger charge is 2.31. The predicted molar refractivity (Wildman–Crippen MR) is 130 cm³/mol. The van der Waals surface area contributed by atoms with Crippen LogP contribution in [0.25, 0.3) is 33.3 Å². The molecule has 0 bridgehead atoms. The van der Waals surface area contributed by atoms with Crippen LogP contribution in [-0.2, 0) is 4.79 Å². The van der Waals surface area contributed by atoms with Crippen LogP contribution in [0.5, 0.6) is 0 Å². The molecule has 34 heavy (non-hydrogen) atoms. The molecule has 1 aromatic carbocycles. The van der Waals surface area contributed by atoms with E-state index in [1.807, 2.05) is 32.9 Å². The predicted octanol–water partition coefficient (Wildman–Crippen LogP) is 3.31. The summed E-state index contributed by atoms with van der Waals surface area (Å²) in [5.41, 5.74) is 9.42. The Morgan fingerprint density at radius 2 is 2.18 bits per heavy atom. The Kier molecular flexibility index (Phi) is 5.36. The number of H-pyrrole nitrogens is 1. The molecule has 1 aliphatic heterocycles. The van der Waals surface area contributed by atoms with Gasteiger partial charge in [-0.05, 0) is 44.7 Å². The van der Waals surface area contributed by atoms with E-state index in [1.54, 1.807) is 9.58 Å². The molecule has 1 saturated heterocycles. The lowest BCUT2D eigenvalue weighted by molar-refractivity contribution is -0.126. The van der Waals surface area contributed by atoms with Gasteiger partial charge in [0.1, 0.15) is 11.3 Å². The van der Waals surface area contributed by atoms with E-state index in [-0.39, 0.29) is 23.3 Å². The van der Waals surface area contributed by atoms with Gasteiger partial charge in [0.05, 0.1) is 11.4 Å². The van der Waals surface area contributed by atoms with Crippen molar-refractivity contribution in [3.05, 3.63) is 39.7 Å². The van der Waals surface area contributed by atoms with Gasteiger partial charge in [0.25, 0.3) is 11.5 Å². The number of aromatic amines is 1. The number of benzene rings is 1. The number of nitrogens with zero attached hydrogens (tertiary/aromatic N) is 4. The van der Waals surface area contributed by atoms with Gasteiger partial charge in [-0.15, -0.1) is 0 Å². The van der Waals surface area contributed by atoms with Crippen LogP contribution in [0.1, 0.15) is 43.4 Å². The molecule has 9 heteroatoms. The second-order valence-electron chi connectivity index (χ2n) is 8.71. The van der Waals surface area contributed by atoms with E-state index in [4.69, 9.17) is 10.2 Å². The summed E-state index contributed by atoms with van der Waals surface area (Å²) in [6.07, 6.45) is 2.20. The fraction of sp³-hybridized carbons (Fsp3) is 0.360. The van der Waals surface area contributed by atoms with Gasteiger partial charge in [-0.2, -0.15) is 10.2 Å². The van der Waals surface area contributed by atoms with Crippen molar-refractivity contribution >= 4 is 33.6 Å². The molecular formula is C25H26N6O3. The molecule has 1 unspecified atom stereocenters. The molecule has 0 spiro atoms. The van der Waals surface area contributed by atoms with Crippen LogP contribution in [0.2, 0.25) is 0 Å². The van der Waals surface area contributed by atoms with Crippen LogP contribution >= 0.6 is 0 Å². The molecule has 1 fully saturated rings. The number of fused-ring (bicyclic) bond motifs is 2. The zero-order chi connectivity index (χ0) is 24.0. The SMILES string of the molecule is CCC#CC(=O)N1CCCC(n2nc3c(=O)[nH]nc(N)c3c2-c2oc3ccc(C)cc3c2C)C1. The Morgan fingerprint density at radius 1 is 1.35 bits per heavy atom. The largest absolute Gasteiger partial charge is 0.454 e. The van der Waals surface area contributed by atoms with Crippen molar-refractivity contribution in [2.45, 2.75) is 46.1 Å². The number of hydrogen-bond acceptors (Lipinski definition) is 6. The average molecular weight is 459 g/mol. The maximum absolute atomic E-state index is 12.6. The Hall–Kier alpha value is -4.06. The molecule has 1 aliphatic rings. The molecule has 0 radical (unpaired) electrons. The van der Waals surface area contributed by atoms with Crippen molar-refractivity contribution in [1.82, 2.24) is 24.9 Å². The maximum atomic E-state index is 12.6. The zero-order valence-electron chi connectivity index (χ0n) is 19.4. The first-order chi connectivity index (χ1) is 16.4. The number of hydrogen-bond donors (Lipinski definition) is 2. The summed E-state index contributed by atoms with van der Waals surface area (Å²) in [5, 5.41) is 12.5. The fourth-order valence-corrected chi connectivity index (χ4v) is 4.68. The van der Waals surface area contributed by atoms with E-state index in [1.165, 1.54) is 0 Å². The standard InChI is InChI=1S/C25H26N6O3/c1-4-5-8-19(32)30-11-6-7-16(13-30)31-22(20-21(29-31)25(33)28-27-24(20)26)23-15(3)17-12-14(2)9-10-18(17)34-23/h9-10,12,16H,4,6-7,11,13H2,1-3H3,(H2,26,27)(H,28,33). The molecule has 5 rings (SSSR count). The number of rotatable bonds is 2. The lowest BCUT2D eigenvalue weighted by Gasteiger charge is -2.32. The number of likely N-dealkylation sites (tertiary alicyclic amines) is 1. The number of amides is 1. The summed E-state index contributed by atoms with van der Waals surface area (Å²) in [5.74, 6) is 6.12. The summed E-state index contributed by atoms with van der Waals surface area (Å²) in [6, 6.07) is 5.83. The highest BCUT2D eigenvalue weighted by Crippen LogP contribution is 2.40. The number of nitrogens with one attached hydrogen (secondary N) is 1. The number of nitrogen functional groups attached to an aromatic ring is 1. The summed E-state index contributed by atoms with van der Waals surface area (Å²) in [4.78, 5) is 27.0. The molecule has 4 heterocycles. The number of carbonyl (C=O) groups is 1. The van der Waals surface area contributed by atoms with Gasteiger partial charge in [0.2, 0.25) is 0 Å². The molecular weight excluding hydrogens is 432 g/mol. The highest BCUT2D eigenvalue weighted by atomic mass is 16.3. The lowest BCUT2D eigenvalue weighted by atomic mass is 10.0. The smallest absolute Gasteiger partial charge is 0.298 e. The van der Waals surface area contributed by atoms with Crippen molar-refractivity contribution in [2.24, 2.45) is 0 Å². The lowest BCUT2D eigenvalue weighted by Crippen LogP contribution is -2.40. The van der Waals surface area contributed by atoms with E-state index >= 15 is 0 Å². The third-order valence-corrected chi connectivity index (χ3v) is 6.37. The molecule has 1 amide bonds. The average Bonchev–Trinajstić information content (AvgIpc) is 3.39. The van der Waals surface area contributed by atoms with Gasteiger partial charge in [0, 0.05) is 30.5 Å². The van der Waals surface area contributed by atoms with Gasteiger partial charge in [-0.1, -0.05) is 24.5 Å². The van der Waals surface area contributed by atoms with Crippen LogP contribution in [0, 0.1) is 25.7 Å². The van der Waals surface area contributed by atoms with Crippen molar-refractivity contribution in [1.29, 1.82) is 0 Å². The van der Waals surface area contributed by atoms with Crippen LogP contribution < -0.4 is 11.3 Å². The third kappa shape index (κ3) is 3.52. The molecule has 3 N–H and O–H groups in total. The monoisotopic (exact) mass is 458 g/mol. The van der Waals surface area contributed by atoms with Crippen molar-refractivity contribution in [3.8, 4) is 23.3 Å². The summed E-state index contributed by atoms with van der Waals surface area (Å²) in [6.45, 7) is 6.99. The Bertz CT molecular complexity index is 1550. The Balaban J connectivity index is 1.71. The van der Waals surface area contributed by atoms with Crippen LogP contribution in [0.4, 0.5) is 5.82 Å². The molecule has 1 atom stereocenters. The number of anilines is 1. The van der Waals surface area contributed by atoms with E-state index in [2.05, 4.69) is 33.2 Å². The number of carbonyl (C=O) groups excluding carboxylic acids is 1. The number of furan rings is 1. The van der Waals surface area contributed by atoms with E-state index < -0.39 is 5.56 Å². The van der Waals surface area contributed by atoms with Crippen LogP contribution in [0.3, 0.4) is 0 Å². The van der Waals surface area contributed by atoms with Gasteiger partial charge in [-0.25, -0.2) is 5.10 Å². The summed E-state index contributed by atoms with van der Waals surface area (Å²) < 4.78 is 8.09. The van der Waals surface area contributed by atoms with E-state index in [9.17, 15) is 9.59 Å². The molecule has 174 valence electrons. The van der Waals surface area contributed by atoms with Gasteiger partial charge in [0.15, 0.2) is 17.1 Å². The Morgan fingerprint density at radius 3 is 2.97 bits per heavy atom. The first kappa shape index (κ1) is 21.8. The molecule has 4 aromatic rings. The zero-order valence-corrected chi connectivity index (χ0v) is 19.4. The van der Waals surface area contributed by atoms with E-state index in [0.29, 0.717) is 36.4 Å². The minimum Gasteiger partial charge on any atom is -0.454 e. The minimum absolute atomic E-state index is 0.170. The van der Waals surface area contributed by atoms with Gasteiger partial charge in [-0.3, -0.25) is 14.3 Å². The van der Waals surface area contributed by atoms with Crippen molar-refractivity contribution < 1.29 is 9.21 Å². The summed E-state index contributed by atoms with van der Waals surface area (Å²) >= 11 is 0. The van der Waals surface area contributed by atoms with E-state index in [0.717, 1.165) is 34.9 Å². The first-order valence-electron chi connectivity index (χ1n) is 11.4. The van der Waals surface area contributed by atoms with Crippen LogP contribution in [-0.4, -0.2) is 43.9 Å². The quantitative estimate of drug-likeness (QED) is 0.444. The third-order valence-electron chi connectivity index (χ3n) is 6.37. The number of nitrogens with two attached hydrogens (primary N) is 1. The molecule has 0 saturated carbocycles. The summed E-state index contributed by atoms with van der Waals surface area (Å²) in [7, 11) is 0. The second kappa shape index (κ2) is 8.37. The number of aryl methyl sites for hydroxylation is 2.